The van der Waals surface area contributed by atoms with Crippen molar-refractivity contribution in [2.45, 2.75) is 20.3 Å². The van der Waals surface area contributed by atoms with E-state index in [2.05, 4.69) is 34.2 Å². The Labute approximate surface area is 150 Å². The van der Waals surface area contributed by atoms with Gasteiger partial charge in [0.2, 0.25) is 0 Å². The molecule has 0 aliphatic carbocycles. The number of rotatable bonds is 7. The first-order valence-electron chi connectivity index (χ1n) is 8.61. The molecule has 1 N–H and O–H groups in total. The summed E-state index contributed by atoms with van der Waals surface area (Å²) in [5, 5.41) is 7.88. The zero-order valence-electron chi connectivity index (χ0n) is 15.9. The Kier molecular flexibility index (Phi) is 6.86. The Morgan fingerprint density at radius 3 is 2.60 bits per heavy atom. The van der Waals surface area contributed by atoms with E-state index in [9.17, 15) is 0 Å². The molecular formula is C19H29N5O. The largest absolute Gasteiger partial charge is 0.492 e. The Bertz CT molecular complexity index is 693. The zero-order valence-corrected chi connectivity index (χ0v) is 15.9. The van der Waals surface area contributed by atoms with Crippen LogP contribution in [0.15, 0.2) is 35.3 Å². The van der Waals surface area contributed by atoms with Crippen molar-refractivity contribution in [2.75, 3.05) is 33.8 Å². The Balaban J connectivity index is 1.77. The molecule has 6 nitrogen and oxygen atoms in total. The van der Waals surface area contributed by atoms with E-state index in [0.29, 0.717) is 6.61 Å². The van der Waals surface area contributed by atoms with Gasteiger partial charge < -0.3 is 15.0 Å². The van der Waals surface area contributed by atoms with Crippen molar-refractivity contribution in [1.29, 1.82) is 0 Å². The van der Waals surface area contributed by atoms with Crippen LogP contribution >= 0.6 is 0 Å². The van der Waals surface area contributed by atoms with Crippen LogP contribution in [-0.4, -0.2) is 54.4 Å². The van der Waals surface area contributed by atoms with Crippen LogP contribution in [0.25, 0.3) is 0 Å². The first kappa shape index (κ1) is 18.8. The monoisotopic (exact) mass is 343 g/mol. The highest BCUT2D eigenvalue weighted by Gasteiger charge is 2.10. The number of hydrogen-bond acceptors (Lipinski definition) is 3. The molecule has 0 saturated heterocycles. The third kappa shape index (κ3) is 5.24. The summed E-state index contributed by atoms with van der Waals surface area (Å²) < 4.78 is 7.68. The molecule has 0 aliphatic heterocycles. The number of hydrogen-bond donors (Lipinski definition) is 1. The number of aliphatic imine (C=N–C) groups is 1. The minimum Gasteiger partial charge on any atom is -0.492 e. The average Bonchev–Trinajstić information content (AvgIpc) is 2.85. The van der Waals surface area contributed by atoms with Gasteiger partial charge in [0.05, 0.1) is 12.2 Å². The van der Waals surface area contributed by atoms with Crippen molar-refractivity contribution in [3.8, 4) is 5.75 Å². The number of likely N-dealkylation sites (N-methyl/N-ethyl adjacent to an activating group) is 1. The van der Waals surface area contributed by atoms with Crippen molar-refractivity contribution in [1.82, 2.24) is 20.0 Å². The molecule has 0 aliphatic rings. The lowest BCUT2D eigenvalue weighted by Crippen LogP contribution is -2.41. The van der Waals surface area contributed by atoms with E-state index in [0.717, 1.165) is 36.9 Å². The highest BCUT2D eigenvalue weighted by Crippen LogP contribution is 2.12. The van der Waals surface area contributed by atoms with Gasteiger partial charge in [0, 0.05) is 33.4 Å². The van der Waals surface area contributed by atoms with Gasteiger partial charge in [-0.2, -0.15) is 5.10 Å². The van der Waals surface area contributed by atoms with Gasteiger partial charge in [-0.05, 0) is 38.0 Å². The second-order valence-corrected chi connectivity index (χ2v) is 6.08. The van der Waals surface area contributed by atoms with E-state index in [1.54, 1.807) is 7.05 Å². The van der Waals surface area contributed by atoms with Gasteiger partial charge in [0.25, 0.3) is 0 Å². The van der Waals surface area contributed by atoms with Gasteiger partial charge in [-0.25, -0.2) is 0 Å². The maximum absolute atomic E-state index is 5.74. The SMILES string of the molecule is CN=C(NCCc1c(C)nn(C)c1C)N(C)CCOc1ccccc1. The number of nitrogens with zero attached hydrogens (tertiary/aromatic N) is 4. The normalized spacial score (nSPS) is 11.5. The Morgan fingerprint density at radius 2 is 2.00 bits per heavy atom. The van der Waals surface area contributed by atoms with Gasteiger partial charge in [-0.15, -0.1) is 0 Å². The summed E-state index contributed by atoms with van der Waals surface area (Å²) in [6.45, 7) is 6.37. The molecule has 1 heterocycles. The second-order valence-electron chi connectivity index (χ2n) is 6.08. The fourth-order valence-corrected chi connectivity index (χ4v) is 2.79. The number of para-hydroxylation sites is 1. The molecule has 2 rings (SSSR count). The van der Waals surface area contributed by atoms with Gasteiger partial charge >= 0.3 is 0 Å². The highest BCUT2D eigenvalue weighted by molar-refractivity contribution is 5.79. The fraction of sp³-hybridized carbons (Fsp3) is 0.474. The molecule has 1 aromatic heterocycles. The molecule has 0 saturated carbocycles. The minimum absolute atomic E-state index is 0.613. The molecule has 136 valence electrons. The van der Waals surface area contributed by atoms with E-state index in [1.807, 2.05) is 49.1 Å². The zero-order chi connectivity index (χ0) is 18.2. The lowest BCUT2D eigenvalue weighted by molar-refractivity contribution is 0.281. The Morgan fingerprint density at radius 1 is 1.28 bits per heavy atom. The minimum atomic E-state index is 0.613. The van der Waals surface area contributed by atoms with Gasteiger partial charge in [0.1, 0.15) is 12.4 Å². The summed E-state index contributed by atoms with van der Waals surface area (Å²) >= 11 is 0. The molecule has 0 spiro atoms. The van der Waals surface area contributed by atoms with E-state index >= 15 is 0 Å². The van der Waals surface area contributed by atoms with Crippen molar-refractivity contribution in [3.63, 3.8) is 0 Å². The second kappa shape index (κ2) is 9.11. The van der Waals surface area contributed by atoms with Crippen molar-refractivity contribution in [2.24, 2.45) is 12.0 Å². The predicted octanol–water partition coefficient (Wildman–Crippen LogP) is 2.17. The topological polar surface area (TPSA) is 54.7 Å². The first-order valence-corrected chi connectivity index (χ1v) is 8.61. The number of nitrogens with one attached hydrogen (secondary N) is 1. The van der Waals surface area contributed by atoms with Crippen LogP contribution in [0.5, 0.6) is 5.75 Å². The molecule has 0 amide bonds. The van der Waals surface area contributed by atoms with Crippen LogP contribution in [0.1, 0.15) is 17.0 Å². The Hall–Kier alpha value is -2.50. The van der Waals surface area contributed by atoms with E-state index < -0.39 is 0 Å². The summed E-state index contributed by atoms with van der Waals surface area (Å²) in [4.78, 5) is 6.43. The van der Waals surface area contributed by atoms with Crippen LogP contribution in [0.4, 0.5) is 0 Å². The van der Waals surface area contributed by atoms with Crippen LogP contribution in [0.2, 0.25) is 0 Å². The molecule has 25 heavy (non-hydrogen) atoms. The maximum atomic E-state index is 5.74. The van der Waals surface area contributed by atoms with Gasteiger partial charge in [-0.1, -0.05) is 18.2 Å². The smallest absolute Gasteiger partial charge is 0.193 e. The maximum Gasteiger partial charge on any atom is 0.193 e. The standard InChI is InChI=1S/C19H29N5O/c1-15-18(16(2)24(5)22-15)11-12-21-19(20-3)23(4)13-14-25-17-9-7-6-8-10-17/h6-10H,11-14H2,1-5H3,(H,20,21). The van der Waals surface area contributed by atoms with E-state index in [-0.39, 0.29) is 0 Å². The average molecular weight is 343 g/mol. The summed E-state index contributed by atoms with van der Waals surface area (Å²) in [6.07, 6.45) is 0.929. The molecule has 0 atom stereocenters. The number of guanidine groups is 1. The number of benzene rings is 1. The number of aromatic nitrogens is 2. The molecule has 0 bridgehead atoms. The van der Waals surface area contributed by atoms with Crippen LogP contribution in [0, 0.1) is 13.8 Å². The molecule has 1 aromatic carbocycles. The van der Waals surface area contributed by atoms with Crippen LogP contribution < -0.4 is 10.1 Å². The van der Waals surface area contributed by atoms with E-state index in [4.69, 9.17) is 4.74 Å². The summed E-state index contributed by atoms with van der Waals surface area (Å²) in [5.74, 6) is 1.76. The molecule has 0 radical (unpaired) electrons. The van der Waals surface area contributed by atoms with Gasteiger partial charge in [-0.3, -0.25) is 9.67 Å². The molecule has 6 heteroatoms. The lowest BCUT2D eigenvalue weighted by Gasteiger charge is -2.22. The first-order chi connectivity index (χ1) is 12.0. The quantitative estimate of drug-likeness (QED) is 0.618. The molecule has 0 fully saturated rings. The van der Waals surface area contributed by atoms with Gasteiger partial charge in [0.15, 0.2) is 5.96 Å². The highest BCUT2D eigenvalue weighted by atomic mass is 16.5. The number of aryl methyl sites for hydroxylation is 2. The molecular weight excluding hydrogens is 314 g/mol. The van der Waals surface area contributed by atoms with Crippen molar-refractivity contribution < 1.29 is 4.74 Å². The van der Waals surface area contributed by atoms with E-state index in [1.165, 1.54) is 11.3 Å². The van der Waals surface area contributed by atoms with Crippen molar-refractivity contribution in [3.05, 3.63) is 47.3 Å². The molecule has 2 aromatic rings. The van der Waals surface area contributed by atoms with Crippen LogP contribution in [0.3, 0.4) is 0 Å². The van der Waals surface area contributed by atoms with Crippen LogP contribution in [-0.2, 0) is 13.5 Å². The fourth-order valence-electron chi connectivity index (χ4n) is 2.79. The lowest BCUT2D eigenvalue weighted by atomic mass is 10.1. The van der Waals surface area contributed by atoms with Crippen molar-refractivity contribution >= 4 is 5.96 Å². The molecule has 0 unspecified atom stereocenters. The summed E-state index contributed by atoms with van der Waals surface area (Å²) in [6, 6.07) is 9.86. The number of ether oxygens (including phenoxy) is 1. The predicted molar refractivity (Wildman–Crippen MR) is 102 cm³/mol. The third-order valence-electron chi connectivity index (χ3n) is 4.33. The third-order valence-corrected chi connectivity index (χ3v) is 4.33. The summed E-state index contributed by atoms with van der Waals surface area (Å²) in [7, 11) is 5.81. The summed E-state index contributed by atoms with van der Waals surface area (Å²) in [5.41, 5.74) is 3.63.